The Balaban J connectivity index is 1.39. The number of hydrogen-bond donors (Lipinski definition) is 1. The predicted octanol–water partition coefficient (Wildman–Crippen LogP) is 0.987. The van der Waals surface area contributed by atoms with E-state index in [1.165, 1.54) is 21.3 Å². The van der Waals surface area contributed by atoms with Gasteiger partial charge in [0.1, 0.15) is 12.1 Å². The van der Waals surface area contributed by atoms with E-state index in [4.69, 9.17) is 0 Å². The number of sulfonamides is 1. The molecular formula is C22H24N4O5S. The van der Waals surface area contributed by atoms with Crippen molar-refractivity contribution < 1.29 is 22.8 Å². The number of rotatable bonds is 5. The lowest BCUT2D eigenvalue weighted by Gasteiger charge is -2.34. The van der Waals surface area contributed by atoms with Gasteiger partial charge in [0, 0.05) is 26.2 Å². The maximum absolute atomic E-state index is 13.0. The van der Waals surface area contributed by atoms with E-state index < -0.39 is 40.0 Å². The molecule has 2 aromatic carbocycles. The zero-order chi connectivity index (χ0) is 22.9. The standard InChI is InChI=1S/C22H24N4O5S/c1-22(17-8-4-2-5-9-17)20(28)26(21(29)23-22)16-19(27)24-12-14-25(15-13-24)32(30,31)18-10-6-3-7-11-18/h2-11H,12-16H2,1H3,(H,23,29)/t22-/m1/s1. The zero-order valence-electron chi connectivity index (χ0n) is 17.6. The van der Waals surface area contributed by atoms with Crippen LogP contribution in [0.4, 0.5) is 4.79 Å². The molecule has 10 heteroatoms. The molecule has 32 heavy (non-hydrogen) atoms. The molecule has 2 heterocycles. The van der Waals surface area contributed by atoms with Gasteiger partial charge in [-0.2, -0.15) is 4.31 Å². The zero-order valence-corrected chi connectivity index (χ0v) is 18.4. The molecule has 0 saturated carbocycles. The van der Waals surface area contributed by atoms with Crippen LogP contribution in [0, 0.1) is 0 Å². The van der Waals surface area contributed by atoms with Crippen LogP contribution < -0.4 is 5.32 Å². The van der Waals surface area contributed by atoms with Crippen molar-refractivity contribution in [2.45, 2.75) is 17.4 Å². The number of nitrogens with one attached hydrogen (secondary N) is 1. The van der Waals surface area contributed by atoms with Crippen molar-refractivity contribution in [1.29, 1.82) is 0 Å². The molecule has 0 aromatic heterocycles. The Morgan fingerprint density at radius 2 is 1.50 bits per heavy atom. The van der Waals surface area contributed by atoms with E-state index in [1.807, 2.05) is 6.07 Å². The van der Waals surface area contributed by atoms with Crippen molar-refractivity contribution in [2.75, 3.05) is 32.7 Å². The number of benzene rings is 2. The van der Waals surface area contributed by atoms with Crippen molar-refractivity contribution in [1.82, 2.24) is 19.4 Å². The van der Waals surface area contributed by atoms with Crippen LogP contribution in [0.5, 0.6) is 0 Å². The SMILES string of the molecule is C[C@]1(c2ccccc2)NC(=O)N(CC(=O)N2CCN(S(=O)(=O)c3ccccc3)CC2)C1=O. The van der Waals surface area contributed by atoms with Gasteiger partial charge in [-0.25, -0.2) is 13.2 Å². The van der Waals surface area contributed by atoms with Crippen LogP contribution in [0.2, 0.25) is 0 Å². The maximum Gasteiger partial charge on any atom is 0.325 e. The first-order valence-electron chi connectivity index (χ1n) is 10.3. The van der Waals surface area contributed by atoms with Gasteiger partial charge in [-0.15, -0.1) is 0 Å². The number of carbonyl (C=O) groups is 3. The van der Waals surface area contributed by atoms with Gasteiger partial charge in [0.15, 0.2) is 0 Å². The molecule has 4 amide bonds. The van der Waals surface area contributed by atoms with Crippen LogP contribution in [0.3, 0.4) is 0 Å². The first-order chi connectivity index (χ1) is 15.2. The van der Waals surface area contributed by atoms with E-state index in [0.29, 0.717) is 5.56 Å². The van der Waals surface area contributed by atoms with Crippen molar-refractivity contribution in [3.63, 3.8) is 0 Å². The van der Waals surface area contributed by atoms with Gasteiger partial charge in [-0.05, 0) is 24.6 Å². The summed E-state index contributed by atoms with van der Waals surface area (Å²) < 4.78 is 26.8. The smallest absolute Gasteiger partial charge is 0.325 e. The Morgan fingerprint density at radius 3 is 2.09 bits per heavy atom. The second kappa shape index (κ2) is 8.36. The highest BCUT2D eigenvalue weighted by Crippen LogP contribution is 2.28. The Morgan fingerprint density at radius 1 is 0.938 bits per heavy atom. The van der Waals surface area contributed by atoms with Gasteiger partial charge in [0.05, 0.1) is 4.90 Å². The van der Waals surface area contributed by atoms with Crippen LogP contribution in [0.15, 0.2) is 65.6 Å². The average Bonchev–Trinajstić information content (AvgIpc) is 3.04. The molecule has 0 spiro atoms. The Kier molecular flexibility index (Phi) is 5.74. The lowest BCUT2D eigenvalue weighted by molar-refractivity contribution is -0.139. The molecule has 0 aliphatic carbocycles. The van der Waals surface area contributed by atoms with E-state index in [0.717, 1.165) is 4.90 Å². The number of nitrogens with zero attached hydrogens (tertiary/aromatic N) is 3. The van der Waals surface area contributed by atoms with Gasteiger partial charge in [-0.3, -0.25) is 14.5 Å². The molecule has 2 aliphatic heterocycles. The normalized spacial score (nSPS) is 22.2. The van der Waals surface area contributed by atoms with Crippen molar-refractivity contribution >= 4 is 27.9 Å². The molecule has 0 bridgehead atoms. The summed E-state index contributed by atoms with van der Waals surface area (Å²) >= 11 is 0. The molecular weight excluding hydrogens is 432 g/mol. The second-order valence-corrected chi connectivity index (χ2v) is 9.85. The van der Waals surface area contributed by atoms with Gasteiger partial charge in [0.25, 0.3) is 5.91 Å². The lowest BCUT2D eigenvalue weighted by atomic mass is 9.92. The van der Waals surface area contributed by atoms with Crippen LogP contribution in [-0.2, 0) is 25.2 Å². The van der Waals surface area contributed by atoms with Crippen LogP contribution >= 0.6 is 0 Å². The van der Waals surface area contributed by atoms with Crippen LogP contribution in [-0.4, -0.2) is 73.1 Å². The highest BCUT2D eigenvalue weighted by Gasteiger charge is 2.49. The molecule has 2 saturated heterocycles. The van der Waals surface area contributed by atoms with E-state index in [-0.39, 0.29) is 31.1 Å². The maximum atomic E-state index is 13.0. The van der Waals surface area contributed by atoms with Gasteiger partial charge < -0.3 is 10.2 Å². The Labute approximate surface area is 186 Å². The molecule has 9 nitrogen and oxygen atoms in total. The lowest BCUT2D eigenvalue weighted by Crippen LogP contribution is -2.53. The third-order valence-corrected chi connectivity index (χ3v) is 7.80. The number of carbonyl (C=O) groups excluding carboxylic acids is 3. The summed E-state index contributed by atoms with van der Waals surface area (Å²) in [6.07, 6.45) is 0. The number of piperazine rings is 1. The summed E-state index contributed by atoms with van der Waals surface area (Å²) in [6, 6.07) is 16.4. The fourth-order valence-corrected chi connectivity index (χ4v) is 5.41. The Hall–Kier alpha value is -3.24. The number of urea groups is 1. The van der Waals surface area contributed by atoms with Crippen molar-refractivity contribution in [3.05, 3.63) is 66.2 Å². The second-order valence-electron chi connectivity index (χ2n) is 7.91. The first-order valence-corrected chi connectivity index (χ1v) is 11.7. The topological polar surface area (TPSA) is 107 Å². The number of amides is 4. The summed E-state index contributed by atoms with van der Waals surface area (Å²) in [5, 5.41) is 2.68. The molecule has 2 fully saturated rings. The number of hydrogen-bond acceptors (Lipinski definition) is 5. The Bertz CT molecular complexity index is 1130. The minimum absolute atomic E-state index is 0.144. The highest BCUT2D eigenvalue weighted by atomic mass is 32.2. The van der Waals surface area contributed by atoms with E-state index in [9.17, 15) is 22.8 Å². The third-order valence-electron chi connectivity index (χ3n) is 5.89. The summed E-state index contributed by atoms with van der Waals surface area (Å²) in [4.78, 5) is 40.9. The summed E-state index contributed by atoms with van der Waals surface area (Å²) in [5.74, 6) is -0.894. The van der Waals surface area contributed by atoms with Crippen LogP contribution in [0.25, 0.3) is 0 Å². The quantitative estimate of drug-likeness (QED) is 0.675. The van der Waals surface area contributed by atoms with E-state index in [1.54, 1.807) is 49.4 Å². The predicted molar refractivity (Wildman–Crippen MR) is 116 cm³/mol. The molecule has 2 aromatic rings. The largest absolute Gasteiger partial charge is 0.338 e. The first kappa shape index (κ1) is 22.0. The van der Waals surface area contributed by atoms with Crippen molar-refractivity contribution in [3.8, 4) is 0 Å². The van der Waals surface area contributed by atoms with Gasteiger partial charge in [0.2, 0.25) is 15.9 Å². The summed E-state index contributed by atoms with van der Waals surface area (Å²) in [6.45, 7) is 1.88. The van der Waals surface area contributed by atoms with Crippen LogP contribution in [0.1, 0.15) is 12.5 Å². The molecule has 2 aliphatic rings. The molecule has 0 unspecified atom stereocenters. The molecule has 0 radical (unpaired) electrons. The van der Waals surface area contributed by atoms with E-state index >= 15 is 0 Å². The third kappa shape index (κ3) is 3.87. The number of imide groups is 1. The van der Waals surface area contributed by atoms with Gasteiger partial charge >= 0.3 is 6.03 Å². The van der Waals surface area contributed by atoms with Crippen molar-refractivity contribution in [2.24, 2.45) is 0 Å². The minimum atomic E-state index is -3.63. The van der Waals surface area contributed by atoms with Gasteiger partial charge in [-0.1, -0.05) is 48.5 Å². The molecule has 168 valence electrons. The molecule has 1 atom stereocenters. The fraction of sp³-hybridized carbons (Fsp3) is 0.318. The monoisotopic (exact) mass is 456 g/mol. The molecule has 1 N–H and O–H groups in total. The molecule has 4 rings (SSSR count). The van der Waals surface area contributed by atoms with E-state index in [2.05, 4.69) is 5.32 Å². The average molecular weight is 457 g/mol. The fourth-order valence-electron chi connectivity index (χ4n) is 3.96. The highest BCUT2D eigenvalue weighted by molar-refractivity contribution is 7.89. The summed E-state index contributed by atoms with van der Waals surface area (Å²) in [7, 11) is -3.63. The minimum Gasteiger partial charge on any atom is -0.338 e. The summed E-state index contributed by atoms with van der Waals surface area (Å²) in [5.41, 5.74) is -0.603.